The Morgan fingerprint density at radius 1 is 1.25 bits per heavy atom. The molecular weight excluding hydrogens is 256 g/mol. The molecule has 0 saturated heterocycles. The van der Waals surface area contributed by atoms with E-state index >= 15 is 0 Å². The van der Waals surface area contributed by atoms with E-state index in [4.69, 9.17) is 4.74 Å². The SMILES string of the molecule is CCN(CC)Cc1cc(C(=O)OC)ccc1NC(C)=O. The summed E-state index contributed by atoms with van der Waals surface area (Å²) in [7, 11) is 1.36. The average Bonchev–Trinajstić information content (AvgIpc) is 2.44. The van der Waals surface area contributed by atoms with Gasteiger partial charge >= 0.3 is 5.97 Å². The van der Waals surface area contributed by atoms with Gasteiger partial charge in [-0.3, -0.25) is 9.69 Å². The molecule has 1 N–H and O–H groups in total. The predicted octanol–water partition coefficient (Wildman–Crippen LogP) is 2.27. The Kier molecular flexibility index (Phi) is 6.18. The lowest BCUT2D eigenvalue weighted by Crippen LogP contribution is -2.23. The third-order valence-electron chi connectivity index (χ3n) is 3.13. The molecule has 0 fully saturated rings. The van der Waals surface area contributed by atoms with Crippen molar-refractivity contribution in [1.82, 2.24) is 4.90 Å². The number of nitrogens with zero attached hydrogens (tertiary/aromatic N) is 1. The molecule has 5 heteroatoms. The van der Waals surface area contributed by atoms with E-state index in [0.29, 0.717) is 12.1 Å². The number of nitrogens with one attached hydrogen (secondary N) is 1. The van der Waals surface area contributed by atoms with Gasteiger partial charge in [-0.1, -0.05) is 13.8 Å². The molecule has 0 aliphatic rings. The van der Waals surface area contributed by atoms with E-state index in [0.717, 1.165) is 24.3 Å². The summed E-state index contributed by atoms with van der Waals surface area (Å²) in [5.74, 6) is -0.503. The molecule has 0 radical (unpaired) electrons. The Hall–Kier alpha value is -1.88. The zero-order valence-electron chi connectivity index (χ0n) is 12.5. The monoisotopic (exact) mass is 278 g/mol. The van der Waals surface area contributed by atoms with Crippen LogP contribution in [0.4, 0.5) is 5.69 Å². The van der Waals surface area contributed by atoms with Crippen molar-refractivity contribution in [3.05, 3.63) is 29.3 Å². The fourth-order valence-electron chi connectivity index (χ4n) is 1.97. The smallest absolute Gasteiger partial charge is 0.337 e. The third kappa shape index (κ3) is 4.35. The van der Waals surface area contributed by atoms with Gasteiger partial charge in [0.15, 0.2) is 0 Å². The van der Waals surface area contributed by atoms with Crippen LogP contribution < -0.4 is 5.32 Å². The number of esters is 1. The van der Waals surface area contributed by atoms with Crippen molar-refractivity contribution >= 4 is 17.6 Å². The minimum absolute atomic E-state index is 0.128. The molecule has 0 bridgehead atoms. The van der Waals surface area contributed by atoms with Crippen molar-refractivity contribution in [1.29, 1.82) is 0 Å². The van der Waals surface area contributed by atoms with E-state index in [1.165, 1.54) is 14.0 Å². The van der Waals surface area contributed by atoms with Gasteiger partial charge in [0.1, 0.15) is 0 Å². The predicted molar refractivity (Wildman–Crippen MR) is 78.7 cm³/mol. The van der Waals surface area contributed by atoms with Crippen LogP contribution in [0.3, 0.4) is 0 Å². The molecule has 0 unspecified atom stereocenters. The first-order valence-corrected chi connectivity index (χ1v) is 6.73. The van der Waals surface area contributed by atoms with Gasteiger partial charge in [0.2, 0.25) is 5.91 Å². The van der Waals surface area contributed by atoms with Gasteiger partial charge in [-0.2, -0.15) is 0 Å². The maximum Gasteiger partial charge on any atom is 0.337 e. The molecule has 0 aliphatic heterocycles. The lowest BCUT2D eigenvalue weighted by molar-refractivity contribution is -0.114. The van der Waals surface area contributed by atoms with Gasteiger partial charge < -0.3 is 10.1 Å². The van der Waals surface area contributed by atoms with Crippen molar-refractivity contribution in [2.24, 2.45) is 0 Å². The first kappa shape index (κ1) is 16.2. The summed E-state index contributed by atoms with van der Waals surface area (Å²) in [5.41, 5.74) is 2.13. The second-order valence-corrected chi connectivity index (χ2v) is 4.51. The summed E-state index contributed by atoms with van der Waals surface area (Å²) in [5, 5.41) is 2.79. The van der Waals surface area contributed by atoms with Gasteiger partial charge in [-0.15, -0.1) is 0 Å². The molecule has 1 aromatic carbocycles. The largest absolute Gasteiger partial charge is 0.465 e. The van der Waals surface area contributed by atoms with Crippen molar-refractivity contribution in [2.75, 3.05) is 25.5 Å². The quantitative estimate of drug-likeness (QED) is 0.811. The number of benzene rings is 1. The number of carbonyl (C=O) groups is 2. The van der Waals surface area contributed by atoms with Gasteiger partial charge in [0.25, 0.3) is 0 Å². The molecule has 0 atom stereocenters. The molecule has 0 saturated carbocycles. The van der Waals surface area contributed by atoms with Crippen LogP contribution in [0.2, 0.25) is 0 Å². The summed E-state index contributed by atoms with van der Waals surface area (Å²) in [6.07, 6.45) is 0. The summed E-state index contributed by atoms with van der Waals surface area (Å²) >= 11 is 0. The highest BCUT2D eigenvalue weighted by atomic mass is 16.5. The summed E-state index contributed by atoms with van der Waals surface area (Å²) in [6, 6.07) is 5.17. The zero-order valence-corrected chi connectivity index (χ0v) is 12.5. The number of anilines is 1. The lowest BCUT2D eigenvalue weighted by Gasteiger charge is -2.20. The van der Waals surface area contributed by atoms with Crippen molar-refractivity contribution in [3.63, 3.8) is 0 Å². The molecule has 0 spiro atoms. The molecule has 0 aromatic heterocycles. The molecule has 20 heavy (non-hydrogen) atoms. The van der Waals surface area contributed by atoms with Crippen LogP contribution in [-0.2, 0) is 16.1 Å². The highest BCUT2D eigenvalue weighted by Gasteiger charge is 2.12. The molecule has 1 aromatic rings. The van der Waals surface area contributed by atoms with E-state index in [1.807, 2.05) is 0 Å². The van der Waals surface area contributed by atoms with Crippen molar-refractivity contribution < 1.29 is 14.3 Å². The first-order valence-electron chi connectivity index (χ1n) is 6.73. The Morgan fingerprint density at radius 3 is 2.40 bits per heavy atom. The Bertz CT molecular complexity index is 482. The zero-order chi connectivity index (χ0) is 15.1. The van der Waals surface area contributed by atoms with E-state index < -0.39 is 0 Å². The topological polar surface area (TPSA) is 58.6 Å². The molecule has 0 heterocycles. The fraction of sp³-hybridized carbons (Fsp3) is 0.467. The minimum Gasteiger partial charge on any atom is -0.465 e. The van der Waals surface area contributed by atoms with Crippen LogP contribution in [0.25, 0.3) is 0 Å². The Morgan fingerprint density at radius 2 is 1.90 bits per heavy atom. The second kappa shape index (κ2) is 7.65. The highest BCUT2D eigenvalue weighted by molar-refractivity contribution is 5.93. The van der Waals surface area contributed by atoms with Crippen molar-refractivity contribution in [3.8, 4) is 0 Å². The van der Waals surface area contributed by atoms with Gasteiger partial charge in [-0.25, -0.2) is 4.79 Å². The minimum atomic E-state index is -0.375. The Labute approximate surface area is 119 Å². The fourth-order valence-corrected chi connectivity index (χ4v) is 1.97. The highest BCUT2D eigenvalue weighted by Crippen LogP contribution is 2.20. The average molecular weight is 278 g/mol. The van der Waals surface area contributed by atoms with E-state index in [9.17, 15) is 9.59 Å². The van der Waals surface area contributed by atoms with Gasteiger partial charge in [-0.05, 0) is 36.9 Å². The van der Waals surface area contributed by atoms with Crippen LogP contribution in [0.5, 0.6) is 0 Å². The number of rotatable bonds is 6. The van der Waals surface area contributed by atoms with Crippen LogP contribution in [0.1, 0.15) is 36.7 Å². The van der Waals surface area contributed by atoms with E-state index in [1.54, 1.807) is 18.2 Å². The standard InChI is InChI=1S/C15H22N2O3/c1-5-17(6-2)10-13-9-12(15(19)20-4)7-8-14(13)16-11(3)18/h7-9H,5-6,10H2,1-4H3,(H,16,18). The van der Waals surface area contributed by atoms with Crippen LogP contribution in [0.15, 0.2) is 18.2 Å². The molecule has 5 nitrogen and oxygen atoms in total. The summed E-state index contributed by atoms with van der Waals surface area (Å²) in [4.78, 5) is 25.1. The number of amides is 1. The van der Waals surface area contributed by atoms with Gasteiger partial charge in [0, 0.05) is 19.2 Å². The maximum absolute atomic E-state index is 11.6. The molecule has 110 valence electrons. The van der Waals surface area contributed by atoms with Crippen LogP contribution in [0, 0.1) is 0 Å². The number of carbonyl (C=O) groups excluding carboxylic acids is 2. The molecule has 1 amide bonds. The number of methoxy groups -OCH3 is 1. The number of ether oxygens (including phenoxy) is 1. The van der Waals surface area contributed by atoms with Crippen LogP contribution >= 0.6 is 0 Å². The summed E-state index contributed by atoms with van der Waals surface area (Å²) < 4.78 is 4.73. The van der Waals surface area contributed by atoms with E-state index in [-0.39, 0.29) is 11.9 Å². The van der Waals surface area contributed by atoms with Crippen molar-refractivity contribution in [2.45, 2.75) is 27.3 Å². The van der Waals surface area contributed by atoms with Crippen LogP contribution in [-0.4, -0.2) is 37.0 Å². The Balaban J connectivity index is 3.11. The molecule has 1 rings (SSSR count). The second-order valence-electron chi connectivity index (χ2n) is 4.51. The molecular formula is C15H22N2O3. The number of hydrogen-bond donors (Lipinski definition) is 1. The number of hydrogen-bond acceptors (Lipinski definition) is 4. The maximum atomic E-state index is 11.6. The summed E-state index contributed by atoms with van der Waals surface area (Å²) in [6.45, 7) is 8.09. The van der Waals surface area contributed by atoms with E-state index in [2.05, 4.69) is 24.1 Å². The first-order chi connectivity index (χ1) is 9.51. The normalized spacial score (nSPS) is 10.4. The molecule has 0 aliphatic carbocycles. The lowest BCUT2D eigenvalue weighted by atomic mass is 10.1. The van der Waals surface area contributed by atoms with Gasteiger partial charge in [0.05, 0.1) is 12.7 Å². The third-order valence-corrected chi connectivity index (χ3v) is 3.13.